The van der Waals surface area contributed by atoms with Crippen LogP contribution in [0.3, 0.4) is 0 Å². The number of rotatable bonds is 2. The minimum Gasteiger partial charge on any atom is -0.381 e. The second kappa shape index (κ2) is 5.28. The number of likely N-dealkylation sites (tertiary alicyclic amines) is 1. The molecular formula is C24H35NO4. The van der Waals surface area contributed by atoms with Crippen molar-refractivity contribution in [2.75, 3.05) is 33.4 Å². The molecule has 7 bridgehead atoms. The van der Waals surface area contributed by atoms with E-state index in [0.717, 1.165) is 25.8 Å². The fraction of sp³-hybridized carbons (Fsp3) is 0.958. The predicted molar refractivity (Wildman–Crippen MR) is 106 cm³/mol. The number of hydrogen-bond acceptors (Lipinski definition) is 5. The Labute approximate surface area is 173 Å². The van der Waals surface area contributed by atoms with Crippen LogP contribution in [0.2, 0.25) is 0 Å². The lowest BCUT2D eigenvalue weighted by Crippen LogP contribution is -2.69. The molecule has 2 saturated heterocycles. The van der Waals surface area contributed by atoms with Gasteiger partial charge in [-0.15, -0.1) is 0 Å². The van der Waals surface area contributed by atoms with E-state index in [1.54, 1.807) is 0 Å². The predicted octanol–water partition coefficient (Wildman–Crippen LogP) is 2.87. The summed E-state index contributed by atoms with van der Waals surface area (Å²) in [6.45, 7) is 8.51. The van der Waals surface area contributed by atoms with Crippen LogP contribution in [-0.2, 0) is 19.0 Å². The van der Waals surface area contributed by atoms with Crippen molar-refractivity contribution in [1.82, 2.24) is 4.90 Å². The Hall–Kier alpha value is -0.490. The van der Waals surface area contributed by atoms with Gasteiger partial charge >= 0.3 is 0 Å². The summed E-state index contributed by atoms with van der Waals surface area (Å²) in [7, 11) is 1.94. The number of fused-ring (bicyclic) bond motifs is 2. The molecule has 5 nitrogen and oxygen atoms in total. The maximum atomic E-state index is 13.4. The van der Waals surface area contributed by atoms with Crippen LogP contribution in [0.4, 0.5) is 0 Å². The van der Waals surface area contributed by atoms with Crippen LogP contribution in [0, 0.1) is 39.9 Å². The van der Waals surface area contributed by atoms with E-state index < -0.39 is 5.79 Å². The Morgan fingerprint density at radius 3 is 2.72 bits per heavy atom. The van der Waals surface area contributed by atoms with E-state index >= 15 is 0 Å². The Morgan fingerprint density at radius 1 is 1.21 bits per heavy atom. The standard InChI is InChI=1S/C24H35NO4/c1-4-25-13-21(2)6-5-19(27-3)24-17(21)9-14(20(24)25)22-10-15(16(26)11-22)23(12-18(22)24)28-7-8-29-23/h14-15,17-20H,4-13H2,1-3H3/t14-,15?,17+,18?,19?,20?,21-,22-,24?/m0/s1. The summed E-state index contributed by atoms with van der Waals surface area (Å²) in [6, 6.07) is 0.573. The van der Waals surface area contributed by atoms with Gasteiger partial charge in [0.2, 0.25) is 0 Å². The first-order valence-corrected chi connectivity index (χ1v) is 12.0. The highest BCUT2D eigenvalue weighted by Crippen LogP contribution is 2.84. The molecule has 5 unspecified atom stereocenters. The number of carbonyl (C=O) groups is 1. The molecule has 7 rings (SSSR count). The third-order valence-corrected chi connectivity index (χ3v) is 11.3. The first kappa shape index (κ1) is 18.1. The number of nitrogens with zero attached hydrogens (tertiary/aromatic N) is 1. The van der Waals surface area contributed by atoms with Gasteiger partial charge in [0, 0.05) is 38.0 Å². The average molecular weight is 402 g/mol. The highest BCUT2D eigenvalue weighted by molar-refractivity contribution is 5.86. The van der Waals surface area contributed by atoms with Crippen LogP contribution in [0.1, 0.15) is 52.4 Å². The fourth-order valence-corrected chi connectivity index (χ4v) is 10.8. The first-order valence-electron chi connectivity index (χ1n) is 12.0. The number of ether oxygens (including phenoxy) is 3. The fourth-order valence-electron chi connectivity index (χ4n) is 10.8. The number of methoxy groups -OCH3 is 1. The Kier molecular flexibility index (Phi) is 3.30. The van der Waals surface area contributed by atoms with Gasteiger partial charge in [-0.25, -0.2) is 0 Å². The molecule has 29 heavy (non-hydrogen) atoms. The van der Waals surface area contributed by atoms with Crippen molar-refractivity contribution in [2.24, 2.45) is 39.9 Å². The lowest BCUT2D eigenvalue weighted by molar-refractivity contribution is -0.267. The van der Waals surface area contributed by atoms with Gasteiger partial charge < -0.3 is 14.2 Å². The van der Waals surface area contributed by atoms with Crippen molar-refractivity contribution in [2.45, 2.75) is 70.3 Å². The van der Waals surface area contributed by atoms with Crippen LogP contribution in [0.25, 0.3) is 0 Å². The summed E-state index contributed by atoms with van der Waals surface area (Å²) in [5, 5.41) is 0. The van der Waals surface area contributed by atoms with Gasteiger partial charge in [0.05, 0.1) is 25.2 Å². The Bertz CT molecular complexity index is 779. The highest BCUT2D eigenvalue weighted by Gasteiger charge is 2.85. The molecule has 7 fully saturated rings. The zero-order valence-electron chi connectivity index (χ0n) is 18.1. The van der Waals surface area contributed by atoms with Crippen molar-refractivity contribution in [3.8, 4) is 0 Å². The summed E-state index contributed by atoms with van der Waals surface area (Å²) >= 11 is 0. The molecule has 2 heterocycles. The van der Waals surface area contributed by atoms with Crippen LogP contribution in [0.5, 0.6) is 0 Å². The minimum absolute atomic E-state index is 0.0390. The number of Topliss-reactive ketones (excluding diaryl/α,β-unsaturated/α-hetero) is 1. The van der Waals surface area contributed by atoms with Crippen LogP contribution in [-0.4, -0.2) is 62.0 Å². The molecule has 0 aromatic carbocycles. The van der Waals surface area contributed by atoms with E-state index in [1.807, 2.05) is 7.11 Å². The normalized spacial score (nSPS) is 58.9. The first-order chi connectivity index (χ1) is 14.0. The van der Waals surface area contributed by atoms with Crippen molar-refractivity contribution in [1.29, 1.82) is 0 Å². The van der Waals surface area contributed by atoms with E-state index in [0.29, 0.717) is 54.3 Å². The second-order valence-electron chi connectivity index (χ2n) is 11.7. The third-order valence-electron chi connectivity index (χ3n) is 11.3. The topological polar surface area (TPSA) is 48.0 Å². The molecule has 0 amide bonds. The summed E-state index contributed by atoms with van der Waals surface area (Å²) in [5.41, 5.74) is 0.705. The monoisotopic (exact) mass is 401 g/mol. The zero-order chi connectivity index (χ0) is 19.8. The summed E-state index contributed by atoms with van der Waals surface area (Å²) in [5.74, 6) is 1.59. The number of carbonyl (C=O) groups excluding carboxylic acids is 1. The SMILES string of the molecule is CCN1C[C@]2(C)CCC(OC)C34C1[C@H](C[C@@H]32)[C@@]12CC(=O)C(C1)C1(CC42)OCCO1. The van der Waals surface area contributed by atoms with Gasteiger partial charge in [-0.2, -0.15) is 0 Å². The molecule has 2 aliphatic heterocycles. The lowest BCUT2D eigenvalue weighted by atomic mass is 9.43. The molecule has 3 spiro atoms. The smallest absolute Gasteiger partial charge is 0.178 e. The molecule has 9 atom stereocenters. The lowest BCUT2D eigenvalue weighted by Gasteiger charge is -2.66. The zero-order valence-corrected chi connectivity index (χ0v) is 18.1. The maximum Gasteiger partial charge on any atom is 0.178 e. The van der Waals surface area contributed by atoms with Crippen molar-refractivity contribution in [3.63, 3.8) is 0 Å². The van der Waals surface area contributed by atoms with Crippen molar-refractivity contribution in [3.05, 3.63) is 0 Å². The molecule has 160 valence electrons. The van der Waals surface area contributed by atoms with Crippen molar-refractivity contribution >= 4 is 5.78 Å². The van der Waals surface area contributed by atoms with E-state index in [1.165, 1.54) is 25.8 Å². The van der Waals surface area contributed by atoms with Gasteiger partial charge in [0.1, 0.15) is 5.78 Å². The van der Waals surface area contributed by atoms with Gasteiger partial charge in [0.25, 0.3) is 0 Å². The van der Waals surface area contributed by atoms with Crippen LogP contribution < -0.4 is 0 Å². The number of hydrogen-bond donors (Lipinski definition) is 0. The quantitative estimate of drug-likeness (QED) is 0.712. The summed E-state index contributed by atoms with van der Waals surface area (Å²) in [6.07, 6.45) is 6.73. The molecule has 5 aliphatic carbocycles. The van der Waals surface area contributed by atoms with E-state index in [4.69, 9.17) is 14.2 Å². The molecule has 5 heteroatoms. The number of ketones is 1. The molecular weight excluding hydrogens is 366 g/mol. The molecule has 0 aromatic heterocycles. The van der Waals surface area contributed by atoms with Gasteiger partial charge in [-0.05, 0) is 60.8 Å². The van der Waals surface area contributed by atoms with E-state index in [-0.39, 0.29) is 16.7 Å². The van der Waals surface area contributed by atoms with Gasteiger partial charge in [-0.3, -0.25) is 9.69 Å². The van der Waals surface area contributed by atoms with Crippen molar-refractivity contribution < 1.29 is 19.0 Å². The van der Waals surface area contributed by atoms with E-state index in [2.05, 4.69) is 18.7 Å². The van der Waals surface area contributed by atoms with Gasteiger partial charge in [-0.1, -0.05) is 13.8 Å². The minimum atomic E-state index is -0.640. The summed E-state index contributed by atoms with van der Waals surface area (Å²) < 4.78 is 19.0. The largest absolute Gasteiger partial charge is 0.381 e. The second-order valence-corrected chi connectivity index (χ2v) is 11.7. The molecule has 0 N–H and O–H groups in total. The third kappa shape index (κ3) is 1.70. The number of piperidine rings is 1. The Balaban J connectivity index is 1.46. The molecule has 7 aliphatic rings. The highest BCUT2D eigenvalue weighted by atomic mass is 16.7. The van der Waals surface area contributed by atoms with Crippen LogP contribution >= 0.6 is 0 Å². The maximum absolute atomic E-state index is 13.4. The molecule has 0 radical (unpaired) electrons. The Morgan fingerprint density at radius 2 is 2.00 bits per heavy atom. The average Bonchev–Trinajstić information content (AvgIpc) is 3.40. The van der Waals surface area contributed by atoms with Crippen LogP contribution in [0.15, 0.2) is 0 Å². The van der Waals surface area contributed by atoms with Gasteiger partial charge in [0.15, 0.2) is 5.79 Å². The summed E-state index contributed by atoms with van der Waals surface area (Å²) in [4.78, 5) is 16.2. The molecule has 5 saturated carbocycles. The van der Waals surface area contributed by atoms with E-state index in [9.17, 15) is 4.79 Å². The molecule has 0 aromatic rings.